The van der Waals surface area contributed by atoms with E-state index in [0.29, 0.717) is 0 Å². The van der Waals surface area contributed by atoms with E-state index >= 15 is 0 Å². The maximum atomic E-state index is 4.08. The fraction of sp³-hybridized carbons (Fsp3) is 0.105. The van der Waals surface area contributed by atoms with Gasteiger partial charge in [0.25, 0.3) is 0 Å². The molecule has 0 atom stereocenters. The van der Waals surface area contributed by atoms with Gasteiger partial charge in [-0.2, -0.15) is 0 Å². The van der Waals surface area contributed by atoms with Crippen LogP contribution in [0.1, 0.15) is 16.7 Å². The first kappa shape index (κ1) is 12.6. The van der Waals surface area contributed by atoms with Crippen LogP contribution in [-0.4, -0.2) is 4.98 Å². The summed E-state index contributed by atoms with van der Waals surface area (Å²) < 4.78 is 0. The van der Waals surface area contributed by atoms with Crippen LogP contribution in [0.2, 0.25) is 0 Å². The van der Waals surface area contributed by atoms with Crippen molar-refractivity contribution in [3.8, 4) is 11.1 Å². The van der Waals surface area contributed by atoms with Crippen LogP contribution in [0.15, 0.2) is 73.1 Å². The van der Waals surface area contributed by atoms with Gasteiger partial charge in [0.2, 0.25) is 0 Å². The molecule has 3 aromatic rings. The molecule has 0 spiro atoms. The molecular formula is C19H17N. The second-order valence-corrected chi connectivity index (χ2v) is 5.04. The van der Waals surface area contributed by atoms with Gasteiger partial charge in [-0.05, 0) is 53.3 Å². The molecule has 0 aliphatic carbocycles. The Bertz CT molecular complexity index is 687. The minimum absolute atomic E-state index is 0.978. The third-order valence-electron chi connectivity index (χ3n) is 3.60. The maximum Gasteiger partial charge on any atom is 0.0273 e. The Balaban J connectivity index is 1.95. The molecule has 1 heteroatoms. The summed E-state index contributed by atoms with van der Waals surface area (Å²) in [4.78, 5) is 4.08. The second kappa shape index (κ2) is 5.70. The van der Waals surface area contributed by atoms with E-state index in [1.807, 2.05) is 12.4 Å². The van der Waals surface area contributed by atoms with Crippen molar-refractivity contribution in [2.24, 2.45) is 0 Å². The number of pyridine rings is 1. The largest absolute Gasteiger partial charge is 0.265 e. The van der Waals surface area contributed by atoms with Crippen molar-refractivity contribution in [1.29, 1.82) is 0 Å². The van der Waals surface area contributed by atoms with Crippen molar-refractivity contribution >= 4 is 0 Å². The molecule has 3 rings (SSSR count). The van der Waals surface area contributed by atoms with Crippen LogP contribution in [0, 0.1) is 6.92 Å². The van der Waals surface area contributed by atoms with Crippen LogP contribution in [0.4, 0.5) is 0 Å². The minimum atomic E-state index is 0.978. The zero-order valence-corrected chi connectivity index (χ0v) is 11.6. The van der Waals surface area contributed by atoms with Crippen molar-refractivity contribution in [3.05, 3.63) is 89.7 Å². The predicted molar refractivity (Wildman–Crippen MR) is 83.7 cm³/mol. The van der Waals surface area contributed by atoms with Crippen LogP contribution >= 0.6 is 0 Å². The summed E-state index contributed by atoms with van der Waals surface area (Å²) in [5.74, 6) is 0. The van der Waals surface area contributed by atoms with Gasteiger partial charge in [-0.25, -0.2) is 0 Å². The van der Waals surface area contributed by atoms with Crippen LogP contribution in [0.25, 0.3) is 11.1 Å². The van der Waals surface area contributed by atoms with Gasteiger partial charge in [0.05, 0.1) is 0 Å². The molecule has 1 heterocycles. The molecular weight excluding hydrogens is 242 g/mol. The van der Waals surface area contributed by atoms with E-state index in [9.17, 15) is 0 Å². The molecule has 0 aliphatic heterocycles. The smallest absolute Gasteiger partial charge is 0.0273 e. The Hall–Kier alpha value is -2.41. The lowest BCUT2D eigenvalue weighted by atomic mass is 9.96. The molecule has 0 N–H and O–H groups in total. The highest BCUT2D eigenvalue weighted by Gasteiger charge is 2.03. The van der Waals surface area contributed by atoms with Crippen molar-refractivity contribution in [2.45, 2.75) is 13.3 Å². The van der Waals surface area contributed by atoms with Crippen LogP contribution in [0.5, 0.6) is 0 Å². The summed E-state index contributed by atoms with van der Waals surface area (Å²) in [5, 5.41) is 0. The molecule has 20 heavy (non-hydrogen) atoms. The Labute approximate surface area is 119 Å². The van der Waals surface area contributed by atoms with Gasteiger partial charge in [-0.15, -0.1) is 0 Å². The van der Waals surface area contributed by atoms with Crippen molar-refractivity contribution < 1.29 is 0 Å². The van der Waals surface area contributed by atoms with E-state index < -0.39 is 0 Å². The number of nitrogens with zero attached hydrogens (tertiary/aromatic N) is 1. The average Bonchev–Trinajstić information content (AvgIpc) is 2.51. The second-order valence-electron chi connectivity index (χ2n) is 5.04. The van der Waals surface area contributed by atoms with Crippen LogP contribution in [0.3, 0.4) is 0 Å². The normalized spacial score (nSPS) is 10.4. The zero-order chi connectivity index (χ0) is 13.8. The van der Waals surface area contributed by atoms with Gasteiger partial charge in [-0.1, -0.05) is 48.5 Å². The summed E-state index contributed by atoms with van der Waals surface area (Å²) in [5.41, 5.74) is 6.54. The van der Waals surface area contributed by atoms with Crippen molar-refractivity contribution in [1.82, 2.24) is 4.98 Å². The van der Waals surface area contributed by atoms with Gasteiger partial charge in [0.1, 0.15) is 0 Å². The van der Waals surface area contributed by atoms with Gasteiger partial charge < -0.3 is 0 Å². The van der Waals surface area contributed by atoms with Crippen molar-refractivity contribution in [2.75, 3.05) is 0 Å². The van der Waals surface area contributed by atoms with Crippen LogP contribution in [-0.2, 0) is 6.42 Å². The Morgan fingerprint density at radius 2 is 1.55 bits per heavy atom. The number of rotatable bonds is 3. The van der Waals surface area contributed by atoms with Crippen LogP contribution < -0.4 is 0 Å². The number of aromatic nitrogens is 1. The van der Waals surface area contributed by atoms with E-state index in [2.05, 4.69) is 72.6 Å². The molecule has 0 unspecified atom stereocenters. The summed E-state index contributed by atoms with van der Waals surface area (Å²) >= 11 is 0. The SMILES string of the molecule is Cc1ccc(-c2ccncc2)cc1Cc1ccccc1. The van der Waals surface area contributed by atoms with E-state index in [1.54, 1.807) is 0 Å². The highest BCUT2D eigenvalue weighted by molar-refractivity contribution is 5.64. The monoisotopic (exact) mass is 259 g/mol. The van der Waals surface area contributed by atoms with Gasteiger partial charge in [0.15, 0.2) is 0 Å². The Morgan fingerprint density at radius 3 is 2.30 bits per heavy atom. The molecule has 0 bridgehead atoms. The lowest BCUT2D eigenvalue weighted by Gasteiger charge is -2.09. The summed E-state index contributed by atoms with van der Waals surface area (Å²) in [7, 11) is 0. The fourth-order valence-electron chi connectivity index (χ4n) is 2.40. The quantitative estimate of drug-likeness (QED) is 0.667. The summed E-state index contributed by atoms with van der Waals surface area (Å²) in [6, 6.07) is 21.4. The topological polar surface area (TPSA) is 12.9 Å². The van der Waals surface area contributed by atoms with E-state index in [-0.39, 0.29) is 0 Å². The minimum Gasteiger partial charge on any atom is -0.265 e. The Kier molecular flexibility index (Phi) is 3.60. The van der Waals surface area contributed by atoms with E-state index in [1.165, 1.54) is 27.8 Å². The molecule has 1 nitrogen and oxygen atoms in total. The third-order valence-corrected chi connectivity index (χ3v) is 3.60. The molecule has 98 valence electrons. The van der Waals surface area contributed by atoms with E-state index in [4.69, 9.17) is 0 Å². The van der Waals surface area contributed by atoms with Gasteiger partial charge in [0, 0.05) is 12.4 Å². The maximum absolute atomic E-state index is 4.08. The molecule has 0 saturated carbocycles. The number of benzene rings is 2. The predicted octanol–water partition coefficient (Wildman–Crippen LogP) is 4.65. The standard InChI is InChI=1S/C19H17N/c1-15-7-8-18(17-9-11-20-12-10-17)14-19(15)13-16-5-3-2-4-6-16/h2-12,14H,13H2,1H3. The molecule has 0 aliphatic rings. The molecule has 1 aromatic heterocycles. The number of aryl methyl sites for hydroxylation is 1. The molecule has 0 fully saturated rings. The lowest BCUT2D eigenvalue weighted by Crippen LogP contribution is -1.92. The molecule has 0 amide bonds. The highest BCUT2D eigenvalue weighted by atomic mass is 14.6. The fourth-order valence-corrected chi connectivity index (χ4v) is 2.40. The third kappa shape index (κ3) is 2.77. The number of hydrogen-bond acceptors (Lipinski definition) is 1. The zero-order valence-electron chi connectivity index (χ0n) is 11.6. The lowest BCUT2D eigenvalue weighted by molar-refractivity contribution is 1.16. The van der Waals surface area contributed by atoms with Gasteiger partial charge in [-0.3, -0.25) is 4.98 Å². The average molecular weight is 259 g/mol. The Morgan fingerprint density at radius 1 is 0.800 bits per heavy atom. The van der Waals surface area contributed by atoms with Crippen molar-refractivity contribution in [3.63, 3.8) is 0 Å². The first-order valence-corrected chi connectivity index (χ1v) is 6.87. The number of hydrogen-bond donors (Lipinski definition) is 0. The summed E-state index contributed by atoms with van der Waals surface area (Å²) in [6.45, 7) is 2.18. The first-order valence-electron chi connectivity index (χ1n) is 6.87. The van der Waals surface area contributed by atoms with E-state index in [0.717, 1.165) is 6.42 Å². The molecule has 0 saturated heterocycles. The summed E-state index contributed by atoms with van der Waals surface area (Å²) in [6.07, 6.45) is 4.66. The first-order chi connectivity index (χ1) is 9.83. The highest BCUT2D eigenvalue weighted by Crippen LogP contribution is 2.23. The molecule has 2 aromatic carbocycles. The molecule has 0 radical (unpaired) electrons. The van der Waals surface area contributed by atoms with Gasteiger partial charge >= 0.3 is 0 Å².